The van der Waals surface area contributed by atoms with Crippen molar-refractivity contribution in [2.24, 2.45) is 7.05 Å². The molecule has 3 aromatic heterocycles. The van der Waals surface area contributed by atoms with Gasteiger partial charge >= 0.3 is 6.18 Å². The van der Waals surface area contributed by atoms with E-state index >= 15 is 0 Å². The van der Waals surface area contributed by atoms with E-state index in [9.17, 15) is 26.7 Å². The van der Waals surface area contributed by atoms with Gasteiger partial charge in [-0.1, -0.05) is 6.07 Å². The molecule has 0 aliphatic carbocycles. The highest BCUT2D eigenvalue weighted by atomic mass is 19.4. The molecule has 0 radical (unpaired) electrons. The second kappa shape index (κ2) is 7.66. The second-order valence-corrected chi connectivity index (χ2v) is 8.18. The summed E-state index contributed by atoms with van der Waals surface area (Å²) in [5.41, 5.74) is 4.63. The van der Waals surface area contributed by atoms with E-state index in [1.165, 1.54) is 40.9 Å². The van der Waals surface area contributed by atoms with Crippen LogP contribution >= 0.6 is 0 Å². The minimum atomic E-state index is -4.65. The number of rotatable bonds is 3. The van der Waals surface area contributed by atoms with Crippen molar-refractivity contribution in [2.45, 2.75) is 13.1 Å². The van der Waals surface area contributed by atoms with Crippen molar-refractivity contribution in [3.05, 3.63) is 89.0 Å². The third-order valence-electron chi connectivity index (χ3n) is 6.11. The standard InChI is InChI=1S/C25H17F5N4O/c1-12-32-19-10-15(16(25(28,29)30)11-22(19)33(12)2)14-4-3-7-34-20(14)5-6-21(34)24(35)13-8-17(26)23(31)18(27)9-13/h3-11H,31H2,1-2H3. The maximum atomic E-state index is 14.1. The molecule has 3 heterocycles. The number of alkyl halides is 3. The highest BCUT2D eigenvalue weighted by molar-refractivity contribution is 6.09. The number of anilines is 1. The van der Waals surface area contributed by atoms with Gasteiger partial charge in [-0.15, -0.1) is 0 Å². The number of hydrogen-bond acceptors (Lipinski definition) is 3. The summed E-state index contributed by atoms with van der Waals surface area (Å²) in [6.07, 6.45) is -3.16. The number of aromatic nitrogens is 3. The Hall–Kier alpha value is -4.21. The van der Waals surface area contributed by atoms with E-state index in [0.29, 0.717) is 22.4 Å². The molecule has 0 aliphatic heterocycles. The molecule has 0 unspecified atom stereocenters. The van der Waals surface area contributed by atoms with Gasteiger partial charge in [-0.2, -0.15) is 13.2 Å². The molecule has 0 saturated carbocycles. The first-order valence-electron chi connectivity index (χ1n) is 10.4. The van der Waals surface area contributed by atoms with E-state index in [-0.39, 0.29) is 22.4 Å². The lowest BCUT2D eigenvalue weighted by molar-refractivity contribution is -0.137. The van der Waals surface area contributed by atoms with Gasteiger partial charge in [0.15, 0.2) is 0 Å². The highest BCUT2D eigenvalue weighted by Crippen LogP contribution is 2.41. The lowest BCUT2D eigenvalue weighted by Crippen LogP contribution is -2.09. The summed E-state index contributed by atoms with van der Waals surface area (Å²) in [6, 6.07) is 9.97. The van der Waals surface area contributed by atoms with Crippen LogP contribution in [0.5, 0.6) is 0 Å². The maximum Gasteiger partial charge on any atom is 0.417 e. The third-order valence-corrected chi connectivity index (χ3v) is 6.11. The van der Waals surface area contributed by atoms with Crippen LogP contribution in [0, 0.1) is 18.6 Å². The fraction of sp³-hybridized carbons (Fsp3) is 0.120. The molecule has 5 nitrogen and oxygen atoms in total. The summed E-state index contributed by atoms with van der Waals surface area (Å²) in [6.45, 7) is 1.70. The highest BCUT2D eigenvalue weighted by Gasteiger charge is 2.35. The molecule has 35 heavy (non-hydrogen) atoms. The Morgan fingerprint density at radius 1 is 0.971 bits per heavy atom. The first-order valence-corrected chi connectivity index (χ1v) is 10.4. The zero-order chi connectivity index (χ0) is 25.2. The Kier molecular flexibility index (Phi) is 4.94. The van der Waals surface area contributed by atoms with Gasteiger partial charge < -0.3 is 14.7 Å². The summed E-state index contributed by atoms with van der Waals surface area (Å²) >= 11 is 0. The molecule has 0 bridgehead atoms. The molecular formula is C25H17F5N4O. The van der Waals surface area contributed by atoms with Gasteiger partial charge in [0.05, 0.1) is 27.8 Å². The Bertz CT molecular complexity index is 1640. The molecule has 0 aliphatic rings. The van der Waals surface area contributed by atoms with Crippen LogP contribution in [0.3, 0.4) is 0 Å². The Morgan fingerprint density at radius 2 is 1.66 bits per heavy atom. The predicted octanol–water partition coefficient (Wildman–Crippen LogP) is 5.91. The number of pyridine rings is 1. The van der Waals surface area contributed by atoms with Crippen LogP contribution in [-0.2, 0) is 13.2 Å². The molecule has 0 saturated heterocycles. The van der Waals surface area contributed by atoms with Gasteiger partial charge in [-0.3, -0.25) is 4.79 Å². The number of nitrogens with zero attached hydrogens (tertiary/aromatic N) is 3. The molecule has 10 heteroatoms. The van der Waals surface area contributed by atoms with Crippen LogP contribution in [-0.4, -0.2) is 19.7 Å². The topological polar surface area (TPSA) is 65.3 Å². The number of carbonyl (C=O) groups is 1. The Labute approximate surface area is 195 Å². The van der Waals surface area contributed by atoms with Gasteiger partial charge in [0.25, 0.3) is 0 Å². The maximum absolute atomic E-state index is 14.1. The molecule has 0 atom stereocenters. The molecule has 0 amide bonds. The molecule has 5 rings (SSSR count). The van der Waals surface area contributed by atoms with Crippen LogP contribution in [0.2, 0.25) is 0 Å². The van der Waals surface area contributed by atoms with Crippen molar-refractivity contribution >= 4 is 28.0 Å². The first kappa shape index (κ1) is 22.6. The van der Waals surface area contributed by atoms with Gasteiger partial charge in [0.1, 0.15) is 23.1 Å². The quantitative estimate of drug-likeness (QED) is 0.197. The second-order valence-electron chi connectivity index (χ2n) is 8.18. The minimum absolute atomic E-state index is 0.0220. The van der Waals surface area contributed by atoms with Gasteiger partial charge in [0.2, 0.25) is 5.78 Å². The van der Waals surface area contributed by atoms with Crippen LogP contribution in [0.4, 0.5) is 27.6 Å². The largest absolute Gasteiger partial charge is 0.417 e. The molecule has 0 fully saturated rings. The molecular weight excluding hydrogens is 467 g/mol. The summed E-state index contributed by atoms with van der Waals surface area (Å²) in [7, 11) is 1.64. The van der Waals surface area contributed by atoms with Gasteiger partial charge in [-0.05, 0) is 55.0 Å². The zero-order valence-corrected chi connectivity index (χ0v) is 18.4. The normalized spacial score (nSPS) is 12.1. The summed E-state index contributed by atoms with van der Waals surface area (Å²) in [5, 5.41) is 0. The van der Waals surface area contributed by atoms with Crippen LogP contribution in [0.25, 0.3) is 27.7 Å². The Balaban J connectivity index is 1.72. The van der Waals surface area contributed by atoms with E-state index in [1.807, 2.05) is 0 Å². The summed E-state index contributed by atoms with van der Waals surface area (Å²) < 4.78 is 73.1. The number of benzene rings is 2. The van der Waals surface area contributed by atoms with Crippen LogP contribution in [0.1, 0.15) is 27.4 Å². The van der Waals surface area contributed by atoms with Crippen molar-refractivity contribution in [2.75, 3.05) is 5.73 Å². The zero-order valence-electron chi connectivity index (χ0n) is 18.4. The van der Waals surface area contributed by atoms with E-state index in [0.717, 1.165) is 18.2 Å². The van der Waals surface area contributed by atoms with Crippen molar-refractivity contribution in [1.29, 1.82) is 0 Å². The Morgan fingerprint density at radius 3 is 2.31 bits per heavy atom. The SMILES string of the molecule is Cc1nc2cc(-c3cccn4c(C(=O)c5cc(F)c(N)c(F)c5)ccc34)c(C(F)(F)F)cc2n1C. The molecule has 2 aromatic carbocycles. The molecule has 5 aromatic rings. The van der Waals surface area contributed by atoms with E-state index in [2.05, 4.69) is 4.98 Å². The van der Waals surface area contributed by atoms with E-state index in [1.54, 1.807) is 18.5 Å². The number of nitrogens with two attached hydrogens (primary N) is 1. The van der Waals surface area contributed by atoms with E-state index < -0.39 is 34.8 Å². The number of imidazole rings is 1. The molecule has 2 N–H and O–H groups in total. The smallest absolute Gasteiger partial charge is 0.394 e. The lowest BCUT2D eigenvalue weighted by atomic mass is 9.98. The first-order chi connectivity index (χ1) is 16.5. The monoisotopic (exact) mass is 484 g/mol. The van der Waals surface area contributed by atoms with Gasteiger partial charge in [0, 0.05) is 24.4 Å². The number of nitrogen functional groups attached to an aromatic ring is 1. The van der Waals surface area contributed by atoms with Gasteiger partial charge in [-0.25, -0.2) is 13.8 Å². The third kappa shape index (κ3) is 3.52. The number of fused-ring (bicyclic) bond motifs is 2. The van der Waals surface area contributed by atoms with Crippen LogP contribution in [0.15, 0.2) is 54.7 Å². The van der Waals surface area contributed by atoms with Crippen molar-refractivity contribution < 1.29 is 26.7 Å². The van der Waals surface area contributed by atoms with Crippen molar-refractivity contribution in [1.82, 2.24) is 14.0 Å². The average Bonchev–Trinajstić information content (AvgIpc) is 3.35. The van der Waals surface area contributed by atoms with Crippen molar-refractivity contribution in [3.63, 3.8) is 0 Å². The van der Waals surface area contributed by atoms with E-state index in [4.69, 9.17) is 5.73 Å². The number of hydrogen-bond donors (Lipinski definition) is 1. The summed E-state index contributed by atoms with van der Waals surface area (Å²) in [4.78, 5) is 17.4. The lowest BCUT2D eigenvalue weighted by Gasteiger charge is -2.15. The number of ketones is 1. The minimum Gasteiger partial charge on any atom is -0.394 e. The predicted molar refractivity (Wildman–Crippen MR) is 121 cm³/mol. The number of aryl methyl sites for hydroxylation is 2. The summed E-state index contributed by atoms with van der Waals surface area (Å²) in [5.74, 6) is -2.32. The van der Waals surface area contributed by atoms with Crippen LogP contribution < -0.4 is 5.73 Å². The molecule has 178 valence electrons. The fourth-order valence-electron chi connectivity index (χ4n) is 4.23. The number of carbonyl (C=O) groups excluding carboxylic acids is 1. The molecule has 0 spiro atoms. The average molecular weight is 484 g/mol. The number of halogens is 5. The fourth-order valence-corrected chi connectivity index (χ4v) is 4.23. The van der Waals surface area contributed by atoms with Crippen molar-refractivity contribution in [3.8, 4) is 11.1 Å².